The molecule has 0 aliphatic rings. The SMILES string of the molecule is O=C(O)N(CC=CCl)c1ccc2ccccc2c1Br. The minimum atomic E-state index is -1.02. The number of carboxylic acid groups (broad SMARTS) is 1. The molecule has 0 aliphatic carbocycles. The molecule has 1 amide bonds. The highest BCUT2D eigenvalue weighted by molar-refractivity contribution is 9.10. The van der Waals surface area contributed by atoms with Gasteiger partial charge in [-0.2, -0.15) is 0 Å². The zero-order chi connectivity index (χ0) is 13.8. The maximum Gasteiger partial charge on any atom is 0.412 e. The van der Waals surface area contributed by atoms with Gasteiger partial charge >= 0.3 is 6.09 Å². The van der Waals surface area contributed by atoms with E-state index in [9.17, 15) is 9.90 Å². The molecule has 0 aromatic heterocycles. The molecule has 0 radical (unpaired) electrons. The van der Waals surface area contributed by atoms with Crippen molar-refractivity contribution in [2.45, 2.75) is 0 Å². The van der Waals surface area contributed by atoms with Crippen LogP contribution in [-0.2, 0) is 0 Å². The monoisotopic (exact) mass is 339 g/mol. The molecule has 0 atom stereocenters. The summed E-state index contributed by atoms with van der Waals surface area (Å²) in [5.41, 5.74) is 1.91. The Morgan fingerprint density at radius 1 is 1.32 bits per heavy atom. The number of anilines is 1. The Labute approximate surface area is 124 Å². The molecule has 5 heteroatoms. The number of halogens is 2. The number of rotatable bonds is 3. The van der Waals surface area contributed by atoms with Crippen LogP contribution in [0.2, 0.25) is 0 Å². The predicted octanol–water partition coefficient (Wildman–Crippen LogP) is 4.84. The smallest absolute Gasteiger partial charge is 0.412 e. The van der Waals surface area contributed by atoms with Crippen LogP contribution in [-0.4, -0.2) is 17.7 Å². The van der Waals surface area contributed by atoms with Gasteiger partial charge in [-0.3, -0.25) is 4.90 Å². The van der Waals surface area contributed by atoms with Crippen LogP contribution in [0.3, 0.4) is 0 Å². The number of fused-ring (bicyclic) bond motifs is 1. The largest absolute Gasteiger partial charge is 0.465 e. The summed E-state index contributed by atoms with van der Waals surface area (Å²) in [4.78, 5) is 12.6. The Hall–Kier alpha value is -1.52. The molecular weight excluding hydrogens is 330 g/mol. The van der Waals surface area contributed by atoms with E-state index in [2.05, 4.69) is 15.9 Å². The van der Waals surface area contributed by atoms with Crippen LogP contribution >= 0.6 is 27.5 Å². The third-order valence-corrected chi connectivity index (χ3v) is 3.75. The van der Waals surface area contributed by atoms with Gasteiger partial charge in [0.05, 0.1) is 5.69 Å². The number of nitrogens with zero attached hydrogens (tertiary/aromatic N) is 1. The Bertz CT molecular complexity index is 642. The van der Waals surface area contributed by atoms with E-state index in [1.165, 1.54) is 10.4 Å². The number of hydrogen-bond acceptors (Lipinski definition) is 1. The summed E-state index contributed by atoms with van der Waals surface area (Å²) in [7, 11) is 0. The van der Waals surface area contributed by atoms with Crippen molar-refractivity contribution in [2.24, 2.45) is 0 Å². The third-order valence-electron chi connectivity index (χ3n) is 2.74. The lowest BCUT2D eigenvalue weighted by Gasteiger charge is -2.20. The average Bonchev–Trinajstić information content (AvgIpc) is 2.41. The van der Waals surface area contributed by atoms with E-state index < -0.39 is 6.09 Å². The van der Waals surface area contributed by atoms with Gasteiger partial charge in [-0.15, -0.1) is 0 Å². The summed E-state index contributed by atoms with van der Waals surface area (Å²) < 4.78 is 0.760. The van der Waals surface area contributed by atoms with Gasteiger partial charge in [-0.05, 0) is 32.8 Å². The fourth-order valence-electron chi connectivity index (χ4n) is 1.86. The van der Waals surface area contributed by atoms with Gasteiger partial charge in [0, 0.05) is 16.6 Å². The molecule has 0 spiro atoms. The van der Waals surface area contributed by atoms with E-state index in [-0.39, 0.29) is 6.54 Å². The molecule has 0 aliphatic heterocycles. The van der Waals surface area contributed by atoms with Crippen molar-refractivity contribution in [1.29, 1.82) is 0 Å². The molecule has 2 aromatic rings. The average molecular weight is 341 g/mol. The van der Waals surface area contributed by atoms with Crippen molar-refractivity contribution in [2.75, 3.05) is 11.4 Å². The van der Waals surface area contributed by atoms with Crippen LogP contribution in [0.15, 0.2) is 52.5 Å². The van der Waals surface area contributed by atoms with Crippen LogP contribution < -0.4 is 4.90 Å². The molecule has 2 rings (SSSR count). The number of amides is 1. The van der Waals surface area contributed by atoms with E-state index in [0.29, 0.717) is 5.69 Å². The van der Waals surface area contributed by atoms with Crippen molar-refractivity contribution >= 4 is 50.1 Å². The topological polar surface area (TPSA) is 40.5 Å². The summed E-state index contributed by atoms with van der Waals surface area (Å²) in [5.74, 6) is 0. The highest BCUT2D eigenvalue weighted by Gasteiger charge is 2.17. The van der Waals surface area contributed by atoms with Gasteiger partial charge in [-0.1, -0.05) is 48.0 Å². The van der Waals surface area contributed by atoms with Crippen molar-refractivity contribution in [3.8, 4) is 0 Å². The summed E-state index contributed by atoms with van der Waals surface area (Å²) >= 11 is 8.94. The molecule has 0 fully saturated rings. The summed E-state index contributed by atoms with van der Waals surface area (Å²) in [6.07, 6.45) is 0.558. The Morgan fingerprint density at radius 3 is 2.74 bits per heavy atom. The van der Waals surface area contributed by atoms with Crippen LogP contribution in [0.25, 0.3) is 10.8 Å². The Balaban J connectivity index is 2.53. The van der Waals surface area contributed by atoms with Gasteiger partial charge in [0.15, 0.2) is 0 Å². The lowest BCUT2D eigenvalue weighted by atomic mass is 10.1. The zero-order valence-electron chi connectivity index (χ0n) is 9.88. The van der Waals surface area contributed by atoms with Crippen molar-refractivity contribution in [3.05, 3.63) is 52.5 Å². The van der Waals surface area contributed by atoms with Crippen LogP contribution in [0.1, 0.15) is 0 Å². The molecule has 3 nitrogen and oxygen atoms in total. The van der Waals surface area contributed by atoms with E-state index in [1.807, 2.05) is 30.3 Å². The molecule has 1 N–H and O–H groups in total. The van der Waals surface area contributed by atoms with E-state index in [1.54, 1.807) is 12.1 Å². The maximum absolute atomic E-state index is 11.3. The normalized spacial score (nSPS) is 11.1. The molecule has 0 heterocycles. The first-order valence-electron chi connectivity index (χ1n) is 5.58. The standard InChI is InChI=1S/C14H11BrClNO2/c15-13-11-5-2-1-4-10(11)6-7-12(13)17(14(18)19)9-3-8-16/h1-8H,9H2,(H,18,19). The lowest BCUT2D eigenvalue weighted by molar-refractivity contribution is 0.202. The molecule has 2 aromatic carbocycles. The predicted molar refractivity (Wildman–Crippen MR) is 82.0 cm³/mol. The van der Waals surface area contributed by atoms with Crippen LogP contribution in [0.5, 0.6) is 0 Å². The second kappa shape index (κ2) is 6.08. The van der Waals surface area contributed by atoms with Gasteiger partial charge in [0.25, 0.3) is 0 Å². The highest BCUT2D eigenvalue weighted by Crippen LogP contribution is 2.33. The van der Waals surface area contributed by atoms with E-state index >= 15 is 0 Å². The van der Waals surface area contributed by atoms with Crippen LogP contribution in [0, 0.1) is 0 Å². The lowest BCUT2D eigenvalue weighted by Crippen LogP contribution is -2.29. The molecule has 0 bridgehead atoms. The molecule has 0 unspecified atom stereocenters. The van der Waals surface area contributed by atoms with Gasteiger partial charge in [0.2, 0.25) is 0 Å². The number of carbonyl (C=O) groups is 1. The highest BCUT2D eigenvalue weighted by atomic mass is 79.9. The summed E-state index contributed by atoms with van der Waals surface area (Å²) in [5, 5.41) is 11.3. The molecule has 0 saturated carbocycles. The first-order valence-corrected chi connectivity index (χ1v) is 6.81. The number of hydrogen-bond donors (Lipinski definition) is 1. The molecule has 0 saturated heterocycles. The maximum atomic E-state index is 11.3. The van der Waals surface area contributed by atoms with Gasteiger partial charge < -0.3 is 5.11 Å². The van der Waals surface area contributed by atoms with Crippen molar-refractivity contribution in [1.82, 2.24) is 0 Å². The summed E-state index contributed by atoms with van der Waals surface area (Å²) in [6, 6.07) is 11.5. The third kappa shape index (κ3) is 2.91. The van der Waals surface area contributed by atoms with E-state index in [0.717, 1.165) is 15.2 Å². The number of benzene rings is 2. The summed E-state index contributed by atoms with van der Waals surface area (Å²) in [6.45, 7) is 0.204. The first-order chi connectivity index (χ1) is 9.15. The van der Waals surface area contributed by atoms with Crippen molar-refractivity contribution in [3.63, 3.8) is 0 Å². The molecule has 98 valence electrons. The first kappa shape index (κ1) is 13.9. The van der Waals surface area contributed by atoms with E-state index in [4.69, 9.17) is 11.6 Å². The van der Waals surface area contributed by atoms with Crippen LogP contribution in [0.4, 0.5) is 10.5 Å². The quantitative estimate of drug-likeness (QED) is 0.868. The van der Waals surface area contributed by atoms with Gasteiger partial charge in [-0.25, -0.2) is 4.79 Å². The minimum absolute atomic E-state index is 0.204. The van der Waals surface area contributed by atoms with Gasteiger partial charge in [0.1, 0.15) is 0 Å². The Morgan fingerprint density at radius 2 is 2.05 bits per heavy atom. The fraction of sp³-hybridized carbons (Fsp3) is 0.0714. The second-order valence-corrected chi connectivity index (χ2v) is 4.92. The van der Waals surface area contributed by atoms with Crippen molar-refractivity contribution < 1.29 is 9.90 Å². The molecular formula is C14H11BrClNO2. The second-order valence-electron chi connectivity index (χ2n) is 3.87. The zero-order valence-corrected chi connectivity index (χ0v) is 12.2. The fourth-order valence-corrected chi connectivity index (χ4v) is 2.64. The minimum Gasteiger partial charge on any atom is -0.465 e. The molecule has 19 heavy (non-hydrogen) atoms. The Kier molecular flexibility index (Phi) is 4.45.